The van der Waals surface area contributed by atoms with Gasteiger partial charge in [-0.25, -0.2) is 4.79 Å². The van der Waals surface area contributed by atoms with E-state index in [2.05, 4.69) is 10.3 Å². The van der Waals surface area contributed by atoms with Crippen LogP contribution in [-0.2, 0) is 19.7 Å². The maximum Gasteiger partial charge on any atom is 0.413 e. The first-order valence-electron chi connectivity index (χ1n) is 12.3. The van der Waals surface area contributed by atoms with Crippen molar-refractivity contribution in [2.75, 3.05) is 11.9 Å². The highest BCUT2D eigenvalue weighted by molar-refractivity contribution is 5.88. The van der Waals surface area contributed by atoms with Crippen molar-refractivity contribution in [2.45, 2.75) is 38.2 Å². The molecule has 1 saturated carbocycles. The number of rotatable bonds is 8. The van der Waals surface area contributed by atoms with Crippen LogP contribution in [0.3, 0.4) is 0 Å². The molecule has 0 radical (unpaired) electrons. The molecule has 0 saturated heterocycles. The van der Waals surface area contributed by atoms with Gasteiger partial charge in [0.05, 0.1) is 12.0 Å². The number of oxazole rings is 1. The Bertz CT molecular complexity index is 1370. The van der Waals surface area contributed by atoms with E-state index in [1.54, 1.807) is 0 Å². The summed E-state index contributed by atoms with van der Waals surface area (Å²) in [6.07, 6.45) is 1.92. The Morgan fingerprint density at radius 2 is 1.57 bits per heavy atom. The summed E-state index contributed by atoms with van der Waals surface area (Å²) in [4.78, 5) is 29.0. The zero-order valence-corrected chi connectivity index (χ0v) is 20.8. The first-order chi connectivity index (χ1) is 18.0. The topological polar surface area (TPSA) is 90.7 Å². The largest absolute Gasteiger partial charge is 0.465 e. The average molecular weight is 497 g/mol. The van der Waals surface area contributed by atoms with Crippen molar-refractivity contribution in [3.63, 3.8) is 0 Å². The number of amides is 1. The number of esters is 1. The maximum atomic E-state index is 12.5. The average Bonchev–Trinajstić information content (AvgIpc) is 3.62. The van der Waals surface area contributed by atoms with Crippen molar-refractivity contribution in [3.05, 3.63) is 96.4 Å². The molecule has 1 heterocycles. The fourth-order valence-corrected chi connectivity index (χ4v) is 4.42. The minimum Gasteiger partial charge on any atom is -0.465 e. The number of nitrogens with one attached hydrogen (secondary N) is 1. The van der Waals surface area contributed by atoms with Gasteiger partial charge < -0.3 is 13.9 Å². The number of hydrogen-bond donors (Lipinski definition) is 1. The van der Waals surface area contributed by atoms with Gasteiger partial charge in [0.1, 0.15) is 6.10 Å². The van der Waals surface area contributed by atoms with Crippen molar-refractivity contribution in [2.24, 2.45) is 0 Å². The van der Waals surface area contributed by atoms with Gasteiger partial charge in [-0.05, 0) is 48.9 Å². The van der Waals surface area contributed by atoms with Crippen molar-refractivity contribution in [1.82, 2.24) is 4.98 Å². The molecule has 1 atom stereocenters. The summed E-state index contributed by atoms with van der Waals surface area (Å²) < 4.78 is 16.3. The molecule has 7 nitrogen and oxygen atoms in total. The number of nitrogens with zero attached hydrogens (tertiary/aromatic N) is 1. The lowest BCUT2D eigenvalue weighted by atomic mass is 9.93. The van der Waals surface area contributed by atoms with Crippen LogP contribution < -0.4 is 5.32 Å². The lowest BCUT2D eigenvalue weighted by molar-refractivity contribution is -0.146. The fourth-order valence-electron chi connectivity index (χ4n) is 4.42. The molecule has 0 unspecified atom stereocenters. The third-order valence-corrected chi connectivity index (χ3v) is 6.67. The Morgan fingerprint density at radius 1 is 0.946 bits per heavy atom. The normalized spacial score (nSPS) is 14.4. The lowest BCUT2D eigenvalue weighted by Gasteiger charge is -2.15. The molecule has 188 valence electrons. The summed E-state index contributed by atoms with van der Waals surface area (Å²) in [5.41, 5.74) is 4.23. The predicted molar refractivity (Wildman–Crippen MR) is 140 cm³/mol. The molecule has 0 bridgehead atoms. The smallest absolute Gasteiger partial charge is 0.413 e. The number of benzene rings is 3. The molecule has 1 fully saturated rings. The molecule has 3 aromatic carbocycles. The molecule has 0 aliphatic heterocycles. The zero-order valence-electron chi connectivity index (χ0n) is 20.8. The molecule has 1 aliphatic carbocycles. The third-order valence-electron chi connectivity index (χ3n) is 6.67. The number of carbonyl (C=O) groups excluding carboxylic acids is 2. The van der Waals surface area contributed by atoms with Gasteiger partial charge in [-0.2, -0.15) is 4.98 Å². The number of hydrogen-bond acceptors (Lipinski definition) is 6. The molecule has 7 heteroatoms. The van der Waals surface area contributed by atoms with Crippen LogP contribution in [0.25, 0.3) is 22.5 Å². The quantitative estimate of drug-likeness (QED) is 0.267. The Hall–Kier alpha value is -4.39. The Labute approximate surface area is 215 Å². The minimum atomic E-state index is -0.612. The summed E-state index contributed by atoms with van der Waals surface area (Å²) in [6.45, 7) is 4.03. The molecular weight excluding hydrogens is 468 g/mol. The number of ether oxygens (including phenoxy) is 2. The standard InChI is InChI=1S/C30H28N2O5/c1-3-35-28(33)30(17-18-30)25-15-13-23(14-16-25)22-9-11-24(12-10-22)26-27(31-19-36-26)32-29(34)37-20(2)21-7-5-4-6-8-21/h4-16,19-20H,3,17-18H2,1-2H3,(H,32,34)/t20-/m1/s1. The van der Waals surface area contributed by atoms with Crippen molar-refractivity contribution >= 4 is 17.9 Å². The van der Waals surface area contributed by atoms with Crippen LogP contribution in [0.4, 0.5) is 10.6 Å². The van der Waals surface area contributed by atoms with Crippen LogP contribution in [0.1, 0.15) is 43.9 Å². The van der Waals surface area contributed by atoms with Gasteiger partial charge in [0.15, 0.2) is 18.0 Å². The van der Waals surface area contributed by atoms with Crippen LogP contribution in [0, 0.1) is 0 Å². The highest BCUT2D eigenvalue weighted by atomic mass is 16.6. The summed E-state index contributed by atoms with van der Waals surface area (Å²) in [7, 11) is 0. The molecule has 1 aromatic heterocycles. The van der Waals surface area contributed by atoms with Crippen LogP contribution in [0.15, 0.2) is 89.7 Å². The lowest BCUT2D eigenvalue weighted by Crippen LogP contribution is -2.23. The van der Waals surface area contributed by atoms with Crippen LogP contribution in [-0.4, -0.2) is 23.7 Å². The van der Waals surface area contributed by atoms with Crippen LogP contribution in [0.5, 0.6) is 0 Å². The predicted octanol–water partition coefficient (Wildman–Crippen LogP) is 6.91. The number of carbonyl (C=O) groups is 2. The molecule has 1 aliphatic rings. The maximum absolute atomic E-state index is 12.5. The second kappa shape index (κ2) is 10.3. The van der Waals surface area contributed by atoms with Gasteiger partial charge in [0.2, 0.25) is 0 Å². The van der Waals surface area contributed by atoms with Crippen molar-refractivity contribution in [3.8, 4) is 22.5 Å². The van der Waals surface area contributed by atoms with E-state index in [0.29, 0.717) is 12.4 Å². The fraction of sp³-hybridized carbons (Fsp3) is 0.233. The Balaban J connectivity index is 1.26. The SMILES string of the molecule is CCOC(=O)C1(c2ccc(-c3ccc(-c4ocnc4NC(=O)O[C@H](C)c4ccccc4)cc3)cc2)CC1. The van der Waals surface area contributed by atoms with E-state index in [1.807, 2.05) is 92.7 Å². The van der Waals surface area contributed by atoms with Gasteiger partial charge in [-0.1, -0.05) is 78.9 Å². The molecule has 4 aromatic rings. The molecular formula is C30H28N2O5. The summed E-state index contributed by atoms with van der Waals surface area (Å²) in [5, 5.41) is 2.68. The Morgan fingerprint density at radius 3 is 2.19 bits per heavy atom. The first kappa shape index (κ1) is 24.3. The van der Waals surface area contributed by atoms with E-state index in [0.717, 1.165) is 40.7 Å². The van der Waals surface area contributed by atoms with E-state index < -0.39 is 17.6 Å². The van der Waals surface area contributed by atoms with Crippen molar-refractivity contribution in [1.29, 1.82) is 0 Å². The van der Waals surface area contributed by atoms with E-state index in [9.17, 15) is 9.59 Å². The summed E-state index contributed by atoms with van der Waals surface area (Å²) >= 11 is 0. The second-order valence-corrected chi connectivity index (χ2v) is 9.07. The highest BCUT2D eigenvalue weighted by Crippen LogP contribution is 2.49. The first-order valence-corrected chi connectivity index (χ1v) is 12.3. The summed E-state index contributed by atoms with van der Waals surface area (Å²) in [6, 6.07) is 25.3. The van der Waals surface area contributed by atoms with E-state index >= 15 is 0 Å². The summed E-state index contributed by atoms with van der Waals surface area (Å²) in [5.74, 6) is 0.592. The number of aromatic nitrogens is 1. The second-order valence-electron chi connectivity index (χ2n) is 9.07. The molecule has 1 amide bonds. The van der Waals surface area contributed by atoms with Crippen LogP contribution in [0.2, 0.25) is 0 Å². The molecule has 37 heavy (non-hydrogen) atoms. The van der Waals surface area contributed by atoms with E-state index in [4.69, 9.17) is 13.9 Å². The molecule has 1 N–H and O–H groups in total. The van der Waals surface area contributed by atoms with Gasteiger partial charge in [-0.3, -0.25) is 10.1 Å². The van der Waals surface area contributed by atoms with E-state index in [-0.39, 0.29) is 11.8 Å². The minimum absolute atomic E-state index is 0.137. The van der Waals surface area contributed by atoms with Gasteiger partial charge in [0.25, 0.3) is 0 Å². The third kappa shape index (κ3) is 5.11. The van der Waals surface area contributed by atoms with Gasteiger partial charge in [-0.15, -0.1) is 0 Å². The Kier molecular flexibility index (Phi) is 6.77. The van der Waals surface area contributed by atoms with E-state index in [1.165, 1.54) is 6.39 Å². The van der Waals surface area contributed by atoms with Gasteiger partial charge >= 0.3 is 12.1 Å². The molecule has 0 spiro atoms. The number of anilines is 1. The molecule has 5 rings (SSSR count). The van der Waals surface area contributed by atoms with Gasteiger partial charge in [0, 0.05) is 5.56 Å². The van der Waals surface area contributed by atoms with Crippen molar-refractivity contribution < 1.29 is 23.5 Å². The highest BCUT2D eigenvalue weighted by Gasteiger charge is 2.52. The zero-order chi connectivity index (χ0) is 25.8. The van der Waals surface area contributed by atoms with Crippen LogP contribution >= 0.6 is 0 Å². The monoisotopic (exact) mass is 496 g/mol.